The maximum atomic E-state index is 6.01. The van der Waals surface area contributed by atoms with Crippen LogP contribution >= 0.6 is 0 Å². The molecule has 0 unspecified atom stereocenters. The molecule has 0 aliphatic heterocycles. The Morgan fingerprint density at radius 2 is 1.94 bits per heavy atom. The van der Waals surface area contributed by atoms with Crippen molar-refractivity contribution in [3.8, 4) is 5.75 Å². The fourth-order valence-electron chi connectivity index (χ4n) is 1.73. The van der Waals surface area contributed by atoms with Gasteiger partial charge in [-0.3, -0.25) is 0 Å². The first-order valence-corrected chi connectivity index (χ1v) is 5.83. The highest BCUT2D eigenvalue weighted by atomic mass is 16.5. The van der Waals surface area contributed by atoms with Crippen molar-refractivity contribution in [2.75, 3.05) is 0 Å². The van der Waals surface area contributed by atoms with Crippen LogP contribution in [-0.4, -0.2) is 11.6 Å². The largest absolute Gasteiger partial charge is 0.491 e. The molecule has 0 aliphatic rings. The van der Waals surface area contributed by atoms with Gasteiger partial charge in [-0.2, -0.15) is 0 Å². The first-order chi connectivity index (χ1) is 7.28. The van der Waals surface area contributed by atoms with E-state index in [2.05, 4.69) is 19.1 Å². The third-order valence-corrected chi connectivity index (χ3v) is 2.26. The zero-order valence-corrected chi connectivity index (χ0v) is 11.0. The second-order valence-electron chi connectivity index (χ2n) is 5.43. The molecule has 1 aromatic rings. The molecule has 2 heteroatoms. The van der Waals surface area contributed by atoms with E-state index in [1.54, 1.807) is 0 Å². The molecule has 0 bridgehead atoms. The van der Waals surface area contributed by atoms with E-state index in [9.17, 15) is 0 Å². The van der Waals surface area contributed by atoms with Gasteiger partial charge in [-0.15, -0.1) is 0 Å². The van der Waals surface area contributed by atoms with Gasteiger partial charge >= 0.3 is 0 Å². The predicted molar refractivity (Wildman–Crippen MR) is 68.9 cm³/mol. The van der Waals surface area contributed by atoms with Crippen molar-refractivity contribution in [1.82, 2.24) is 0 Å². The predicted octanol–water partition coefficient (Wildman–Crippen LogP) is 3.06. The molecule has 0 amide bonds. The minimum absolute atomic E-state index is 0.160. The number of aryl methyl sites for hydroxylation is 1. The van der Waals surface area contributed by atoms with Gasteiger partial charge < -0.3 is 10.5 Å². The fourth-order valence-corrected chi connectivity index (χ4v) is 1.73. The Kier molecular flexibility index (Phi) is 3.98. The number of rotatable bonds is 4. The van der Waals surface area contributed by atoms with E-state index in [1.807, 2.05) is 33.8 Å². The van der Waals surface area contributed by atoms with Crippen molar-refractivity contribution in [1.29, 1.82) is 0 Å². The molecule has 1 aromatic carbocycles. The summed E-state index contributed by atoms with van der Waals surface area (Å²) in [6.07, 6.45) is 1.10. The average molecular weight is 221 g/mol. The number of hydrogen-bond donors (Lipinski definition) is 1. The molecule has 16 heavy (non-hydrogen) atoms. The summed E-state index contributed by atoms with van der Waals surface area (Å²) in [4.78, 5) is 0. The van der Waals surface area contributed by atoms with E-state index >= 15 is 0 Å². The SMILES string of the molecule is Cc1cc(CC(C)(C)N)ccc1OC(C)C. The maximum Gasteiger partial charge on any atom is 0.122 e. The summed E-state index contributed by atoms with van der Waals surface area (Å²) >= 11 is 0. The molecule has 90 valence electrons. The van der Waals surface area contributed by atoms with Gasteiger partial charge in [0.15, 0.2) is 0 Å². The smallest absolute Gasteiger partial charge is 0.122 e. The minimum Gasteiger partial charge on any atom is -0.491 e. The second-order valence-corrected chi connectivity index (χ2v) is 5.43. The van der Waals surface area contributed by atoms with Crippen LogP contribution in [0.25, 0.3) is 0 Å². The molecule has 0 fully saturated rings. The summed E-state index contributed by atoms with van der Waals surface area (Å²) in [5, 5.41) is 0. The van der Waals surface area contributed by atoms with Gasteiger partial charge in [0.2, 0.25) is 0 Å². The molecule has 0 spiro atoms. The van der Waals surface area contributed by atoms with Crippen molar-refractivity contribution in [3.63, 3.8) is 0 Å². The lowest BCUT2D eigenvalue weighted by Crippen LogP contribution is -2.34. The van der Waals surface area contributed by atoms with E-state index in [-0.39, 0.29) is 11.6 Å². The topological polar surface area (TPSA) is 35.2 Å². The van der Waals surface area contributed by atoms with E-state index in [4.69, 9.17) is 10.5 Å². The lowest BCUT2D eigenvalue weighted by atomic mass is 9.95. The van der Waals surface area contributed by atoms with Gasteiger partial charge in [0, 0.05) is 5.54 Å². The molecule has 0 saturated carbocycles. The third-order valence-electron chi connectivity index (χ3n) is 2.26. The summed E-state index contributed by atoms with van der Waals surface area (Å²) in [6.45, 7) is 10.2. The molecule has 2 N–H and O–H groups in total. The molecule has 2 nitrogen and oxygen atoms in total. The molecule has 0 atom stereocenters. The Morgan fingerprint density at radius 3 is 2.38 bits per heavy atom. The number of benzene rings is 1. The minimum atomic E-state index is -0.160. The highest BCUT2D eigenvalue weighted by Crippen LogP contribution is 2.22. The standard InChI is InChI=1S/C14H23NO/c1-10(2)16-13-7-6-12(8-11(13)3)9-14(4,5)15/h6-8,10H,9,15H2,1-5H3. The average Bonchev–Trinajstić information content (AvgIpc) is 2.06. The van der Waals surface area contributed by atoms with Gasteiger partial charge in [0.1, 0.15) is 5.75 Å². The molecule has 0 heterocycles. The van der Waals surface area contributed by atoms with Gasteiger partial charge in [-0.25, -0.2) is 0 Å². The van der Waals surface area contributed by atoms with Gasteiger partial charge in [-0.05, 0) is 58.2 Å². The fraction of sp³-hybridized carbons (Fsp3) is 0.571. The van der Waals surface area contributed by atoms with Crippen LogP contribution in [0.1, 0.15) is 38.8 Å². The normalized spacial score (nSPS) is 11.9. The summed E-state index contributed by atoms with van der Waals surface area (Å²) in [6, 6.07) is 6.29. The van der Waals surface area contributed by atoms with Crippen molar-refractivity contribution >= 4 is 0 Å². The van der Waals surface area contributed by atoms with Crippen LogP contribution in [0.15, 0.2) is 18.2 Å². The second kappa shape index (κ2) is 4.88. The van der Waals surface area contributed by atoms with E-state index in [0.717, 1.165) is 12.2 Å². The van der Waals surface area contributed by atoms with Crippen LogP contribution < -0.4 is 10.5 Å². The zero-order chi connectivity index (χ0) is 12.3. The third kappa shape index (κ3) is 4.23. The van der Waals surface area contributed by atoms with E-state index in [1.165, 1.54) is 11.1 Å². The molecule has 0 aromatic heterocycles. The summed E-state index contributed by atoms with van der Waals surface area (Å²) in [7, 11) is 0. The Morgan fingerprint density at radius 1 is 1.31 bits per heavy atom. The van der Waals surface area contributed by atoms with Gasteiger partial charge in [0.05, 0.1) is 6.10 Å². The molecule has 0 saturated heterocycles. The van der Waals surface area contributed by atoms with Crippen molar-refractivity contribution in [2.45, 2.75) is 52.7 Å². The van der Waals surface area contributed by atoms with Crippen LogP contribution in [0, 0.1) is 6.92 Å². The lowest BCUT2D eigenvalue weighted by Gasteiger charge is -2.19. The molecular formula is C14H23NO. The Hall–Kier alpha value is -1.02. The summed E-state index contributed by atoms with van der Waals surface area (Å²) in [5.41, 5.74) is 8.29. The van der Waals surface area contributed by atoms with Gasteiger partial charge in [-0.1, -0.05) is 12.1 Å². The highest BCUT2D eigenvalue weighted by Gasteiger charge is 2.12. The summed E-state index contributed by atoms with van der Waals surface area (Å²) < 4.78 is 5.70. The van der Waals surface area contributed by atoms with Crippen LogP contribution in [0.5, 0.6) is 5.75 Å². The number of nitrogens with two attached hydrogens (primary N) is 1. The highest BCUT2D eigenvalue weighted by molar-refractivity contribution is 5.36. The molecule has 0 aliphatic carbocycles. The van der Waals surface area contributed by atoms with Crippen molar-refractivity contribution < 1.29 is 4.74 Å². The number of ether oxygens (including phenoxy) is 1. The van der Waals surface area contributed by atoms with E-state index in [0.29, 0.717) is 0 Å². The van der Waals surface area contributed by atoms with Crippen LogP contribution in [0.2, 0.25) is 0 Å². The Labute approximate surface area is 98.8 Å². The molecular weight excluding hydrogens is 198 g/mol. The molecule has 1 rings (SSSR count). The van der Waals surface area contributed by atoms with Crippen molar-refractivity contribution in [2.24, 2.45) is 5.73 Å². The first kappa shape index (κ1) is 13.0. The van der Waals surface area contributed by atoms with Crippen LogP contribution in [-0.2, 0) is 6.42 Å². The van der Waals surface area contributed by atoms with E-state index < -0.39 is 0 Å². The van der Waals surface area contributed by atoms with Gasteiger partial charge in [0.25, 0.3) is 0 Å². The van der Waals surface area contributed by atoms with Crippen LogP contribution in [0.4, 0.5) is 0 Å². The van der Waals surface area contributed by atoms with Crippen LogP contribution in [0.3, 0.4) is 0 Å². The molecule has 0 radical (unpaired) electrons. The lowest BCUT2D eigenvalue weighted by molar-refractivity contribution is 0.240. The maximum absolute atomic E-state index is 6.01. The first-order valence-electron chi connectivity index (χ1n) is 5.83. The Bertz CT molecular complexity index is 350. The van der Waals surface area contributed by atoms with Crippen molar-refractivity contribution in [3.05, 3.63) is 29.3 Å². The zero-order valence-electron chi connectivity index (χ0n) is 11.0. The number of hydrogen-bond acceptors (Lipinski definition) is 2. The quantitative estimate of drug-likeness (QED) is 0.848. The Balaban J connectivity index is 2.83. The monoisotopic (exact) mass is 221 g/mol. The summed E-state index contributed by atoms with van der Waals surface area (Å²) in [5.74, 6) is 0.966.